The lowest BCUT2D eigenvalue weighted by atomic mass is 10.00. The summed E-state index contributed by atoms with van der Waals surface area (Å²) in [7, 11) is -3.16. The SMILES string of the molecule is CS(=O)(=O)N1CCC(Nc2ncc3cc(Cl)c(=O)n([C@@H]4CC=CC45CC5)c3n2)CC1. The topological polar surface area (TPSA) is 97.2 Å². The number of halogens is 1. The van der Waals surface area contributed by atoms with E-state index in [0.717, 1.165) is 24.6 Å². The van der Waals surface area contributed by atoms with E-state index in [0.29, 0.717) is 37.5 Å². The highest BCUT2D eigenvalue weighted by Crippen LogP contribution is 2.59. The predicted octanol–water partition coefficient (Wildman–Crippen LogP) is 2.56. The van der Waals surface area contributed by atoms with Crippen LogP contribution in [0.15, 0.2) is 29.2 Å². The molecule has 2 aliphatic carbocycles. The summed E-state index contributed by atoms with van der Waals surface area (Å²) >= 11 is 6.25. The van der Waals surface area contributed by atoms with Crippen LogP contribution in [0.5, 0.6) is 0 Å². The summed E-state index contributed by atoms with van der Waals surface area (Å²) in [6.45, 7) is 0.946. The summed E-state index contributed by atoms with van der Waals surface area (Å²) in [6, 6.07) is 1.74. The van der Waals surface area contributed by atoms with Crippen molar-refractivity contribution >= 4 is 38.6 Å². The molecule has 8 nitrogen and oxygen atoms in total. The van der Waals surface area contributed by atoms with Crippen molar-refractivity contribution in [1.29, 1.82) is 0 Å². The summed E-state index contributed by atoms with van der Waals surface area (Å²) in [5.41, 5.74) is 0.434. The molecule has 0 bridgehead atoms. The third kappa shape index (κ3) is 3.42. The maximum Gasteiger partial charge on any atom is 0.271 e. The molecule has 2 fully saturated rings. The van der Waals surface area contributed by atoms with Crippen molar-refractivity contribution in [3.8, 4) is 0 Å². The van der Waals surface area contributed by atoms with E-state index in [-0.39, 0.29) is 28.1 Å². The van der Waals surface area contributed by atoms with E-state index >= 15 is 0 Å². The molecule has 1 saturated heterocycles. The van der Waals surface area contributed by atoms with Gasteiger partial charge in [-0.05, 0) is 38.2 Å². The lowest BCUT2D eigenvalue weighted by Crippen LogP contribution is -2.42. The number of nitrogens with zero attached hydrogens (tertiary/aromatic N) is 4. The molecule has 0 radical (unpaired) electrons. The van der Waals surface area contributed by atoms with Gasteiger partial charge in [0.25, 0.3) is 5.56 Å². The Kier molecular flexibility index (Phi) is 4.68. The normalized spacial score (nSPS) is 24.0. The predicted molar refractivity (Wildman–Crippen MR) is 116 cm³/mol. The summed E-state index contributed by atoms with van der Waals surface area (Å²) in [4.78, 5) is 22.1. The van der Waals surface area contributed by atoms with Crippen LogP contribution in [0.4, 0.5) is 5.95 Å². The molecule has 10 heteroatoms. The number of aromatic nitrogens is 3. The van der Waals surface area contributed by atoms with Crippen LogP contribution < -0.4 is 10.9 Å². The molecule has 5 rings (SSSR count). The fourth-order valence-electron chi connectivity index (χ4n) is 4.74. The van der Waals surface area contributed by atoms with E-state index in [2.05, 4.69) is 22.5 Å². The summed E-state index contributed by atoms with van der Waals surface area (Å²) in [5.74, 6) is 0.451. The van der Waals surface area contributed by atoms with Crippen molar-refractivity contribution in [2.75, 3.05) is 24.7 Å². The van der Waals surface area contributed by atoms with Gasteiger partial charge in [-0.1, -0.05) is 23.8 Å². The molecule has 2 aromatic rings. The molecule has 3 heterocycles. The van der Waals surface area contributed by atoms with Crippen LogP contribution in [0.25, 0.3) is 11.0 Å². The van der Waals surface area contributed by atoms with Gasteiger partial charge in [0.05, 0.1) is 12.3 Å². The van der Waals surface area contributed by atoms with Gasteiger partial charge in [-0.3, -0.25) is 9.36 Å². The zero-order valence-electron chi connectivity index (χ0n) is 16.7. The maximum absolute atomic E-state index is 13.0. The highest BCUT2D eigenvalue weighted by Gasteiger charge is 2.50. The van der Waals surface area contributed by atoms with Gasteiger partial charge in [0.15, 0.2) is 0 Å². The molecule has 0 unspecified atom stereocenters. The highest BCUT2D eigenvalue weighted by molar-refractivity contribution is 7.88. The first-order valence-corrected chi connectivity index (χ1v) is 12.5. The van der Waals surface area contributed by atoms with E-state index in [9.17, 15) is 13.2 Å². The molecule has 1 atom stereocenters. The lowest BCUT2D eigenvalue weighted by molar-refractivity contribution is 0.331. The first-order chi connectivity index (χ1) is 14.3. The smallest absolute Gasteiger partial charge is 0.271 e. The van der Waals surface area contributed by atoms with Crippen LogP contribution in [-0.2, 0) is 10.0 Å². The first kappa shape index (κ1) is 20.0. The van der Waals surface area contributed by atoms with E-state index < -0.39 is 10.0 Å². The summed E-state index contributed by atoms with van der Waals surface area (Å²) in [5, 5.41) is 4.24. The minimum absolute atomic E-state index is 0.0342. The minimum Gasteiger partial charge on any atom is -0.351 e. The number of piperidine rings is 1. The number of hydrogen-bond acceptors (Lipinski definition) is 6. The fraction of sp³-hybridized carbons (Fsp3) is 0.550. The number of hydrogen-bond donors (Lipinski definition) is 1. The Balaban J connectivity index is 1.45. The maximum atomic E-state index is 13.0. The molecule has 2 aromatic heterocycles. The van der Waals surface area contributed by atoms with Gasteiger partial charge in [0.2, 0.25) is 16.0 Å². The number of nitrogens with one attached hydrogen (secondary N) is 1. The van der Waals surface area contributed by atoms with Gasteiger partial charge >= 0.3 is 0 Å². The van der Waals surface area contributed by atoms with Gasteiger partial charge < -0.3 is 5.32 Å². The van der Waals surface area contributed by atoms with Gasteiger partial charge in [-0.15, -0.1) is 0 Å². The largest absolute Gasteiger partial charge is 0.351 e. The van der Waals surface area contributed by atoms with Crippen LogP contribution in [0, 0.1) is 5.41 Å². The zero-order chi connectivity index (χ0) is 21.1. The monoisotopic (exact) mass is 449 g/mol. The van der Waals surface area contributed by atoms with E-state index in [1.807, 2.05) is 0 Å². The molecule has 0 aromatic carbocycles. The zero-order valence-corrected chi connectivity index (χ0v) is 18.3. The Morgan fingerprint density at radius 2 is 2.00 bits per heavy atom. The molecule has 0 amide bonds. The van der Waals surface area contributed by atoms with Crippen molar-refractivity contribution in [3.63, 3.8) is 0 Å². The third-order valence-corrected chi connectivity index (χ3v) is 8.17. The second kappa shape index (κ2) is 7.03. The Morgan fingerprint density at radius 1 is 1.27 bits per heavy atom. The van der Waals surface area contributed by atoms with Crippen LogP contribution in [0.2, 0.25) is 5.02 Å². The van der Waals surface area contributed by atoms with Crippen LogP contribution in [0.3, 0.4) is 0 Å². The van der Waals surface area contributed by atoms with E-state index in [1.165, 1.54) is 10.6 Å². The molecular weight excluding hydrogens is 426 g/mol. The molecule has 1 spiro atoms. The third-order valence-electron chi connectivity index (χ3n) is 6.60. The fourth-order valence-corrected chi connectivity index (χ4v) is 5.83. The van der Waals surface area contributed by atoms with Crippen LogP contribution in [0.1, 0.15) is 38.1 Å². The van der Waals surface area contributed by atoms with Gasteiger partial charge in [0.1, 0.15) is 10.7 Å². The number of allylic oxidation sites excluding steroid dienone is 2. The number of fused-ring (bicyclic) bond motifs is 1. The van der Waals surface area contributed by atoms with Crippen molar-refractivity contribution in [2.45, 2.75) is 44.2 Å². The van der Waals surface area contributed by atoms with Crippen molar-refractivity contribution in [1.82, 2.24) is 18.8 Å². The molecule has 160 valence electrons. The Labute approximate surface area is 180 Å². The molecule has 1 N–H and O–H groups in total. The Hall–Kier alpha value is -1.97. The van der Waals surface area contributed by atoms with Gasteiger partial charge in [0, 0.05) is 36.1 Å². The molecule has 1 saturated carbocycles. The summed E-state index contributed by atoms with van der Waals surface area (Å²) in [6.07, 6.45) is 11.6. The number of sulfonamides is 1. The van der Waals surface area contributed by atoms with Crippen molar-refractivity contribution in [3.05, 3.63) is 39.8 Å². The summed E-state index contributed by atoms with van der Waals surface area (Å²) < 4.78 is 26.7. The van der Waals surface area contributed by atoms with E-state index in [4.69, 9.17) is 16.6 Å². The first-order valence-electron chi connectivity index (χ1n) is 10.2. The van der Waals surface area contributed by atoms with Gasteiger partial charge in [-0.2, -0.15) is 4.98 Å². The molecule has 3 aliphatic rings. The van der Waals surface area contributed by atoms with Crippen molar-refractivity contribution in [2.24, 2.45) is 5.41 Å². The highest BCUT2D eigenvalue weighted by atomic mass is 35.5. The second-order valence-electron chi connectivity index (χ2n) is 8.61. The van der Waals surface area contributed by atoms with E-state index in [1.54, 1.807) is 16.8 Å². The average Bonchev–Trinajstić information content (AvgIpc) is 3.36. The number of rotatable bonds is 4. The van der Waals surface area contributed by atoms with Crippen molar-refractivity contribution < 1.29 is 8.42 Å². The number of pyridine rings is 1. The van der Waals surface area contributed by atoms with Gasteiger partial charge in [-0.25, -0.2) is 17.7 Å². The molecule has 1 aliphatic heterocycles. The average molecular weight is 450 g/mol. The van der Waals surface area contributed by atoms with Crippen LogP contribution in [-0.4, -0.2) is 52.6 Å². The molecule has 30 heavy (non-hydrogen) atoms. The standard InChI is InChI=1S/C20H24ClN5O3S/c1-30(28,29)25-9-4-14(5-10-25)23-19-22-12-13-11-15(21)18(27)26(17(13)24-19)16-3-2-6-20(16)7-8-20/h2,6,11-12,14,16H,3-5,7-10H2,1H3,(H,22,23,24)/t16-/m1/s1. The van der Waals surface area contributed by atoms with Crippen LogP contribution >= 0.6 is 11.6 Å². The second-order valence-corrected chi connectivity index (χ2v) is 11.0. The Bertz CT molecular complexity index is 1200. The lowest BCUT2D eigenvalue weighted by Gasteiger charge is -2.30. The minimum atomic E-state index is -3.16. The quantitative estimate of drug-likeness (QED) is 0.720. The Morgan fingerprint density at radius 3 is 2.67 bits per heavy atom. The molecular formula is C20H24ClN5O3S. The number of anilines is 1.